The van der Waals surface area contributed by atoms with Gasteiger partial charge in [-0.15, -0.1) is 0 Å². The van der Waals surface area contributed by atoms with Crippen molar-refractivity contribution in [1.82, 2.24) is 24.8 Å². The molecule has 2 aliphatic rings. The number of aromatic nitrogens is 3. The Hall–Kier alpha value is -3.63. The van der Waals surface area contributed by atoms with Gasteiger partial charge in [-0.2, -0.15) is 0 Å². The molecule has 1 aliphatic heterocycles. The predicted molar refractivity (Wildman–Crippen MR) is 123 cm³/mol. The molecular formula is C22H29N7O4. The minimum absolute atomic E-state index is 0.0561. The Bertz CT molecular complexity index is 1150. The fourth-order valence-corrected chi connectivity index (χ4v) is 4.42. The van der Waals surface area contributed by atoms with Crippen LogP contribution in [0.4, 0.5) is 11.6 Å². The number of pyridine rings is 1. The number of rotatable bonds is 6. The highest BCUT2D eigenvalue weighted by atomic mass is 16.2. The fraction of sp³-hybridized carbons (Fsp3) is 0.500. The summed E-state index contributed by atoms with van der Waals surface area (Å²) in [6, 6.07) is 5.47. The molecule has 0 atom stereocenters. The summed E-state index contributed by atoms with van der Waals surface area (Å²) in [6.07, 6.45) is 3.19. The third-order valence-corrected chi connectivity index (χ3v) is 6.22. The number of nitrogens with one attached hydrogen (secondary N) is 2. The van der Waals surface area contributed by atoms with Gasteiger partial charge >= 0.3 is 5.69 Å². The predicted octanol–water partition coefficient (Wildman–Crippen LogP) is -0.752. The lowest BCUT2D eigenvalue weighted by Gasteiger charge is -2.35. The SMILES string of the molecule is Nc1cccc(N2CCN(C(=O)CNC(=O)CCn3c4c(c(=O)[nH]c3=O)CCCC4)CC2)n1. The van der Waals surface area contributed by atoms with E-state index in [-0.39, 0.29) is 36.9 Å². The molecule has 0 unspecified atom stereocenters. The summed E-state index contributed by atoms with van der Waals surface area (Å²) in [7, 11) is 0. The van der Waals surface area contributed by atoms with E-state index < -0.39 is 5.69 Å². The molecule has 33 heavy (non-hydrogen) atoms. The van der Waals surface area contributed by atoms with E-state index in [4.69, 9.17) is 5.73 Å². The van der Waals surface area contributed by atoms with Gasteiger partial charge in [-0.05, 0) is 37.8 Å². The van der Waals surface area contributed by atoms with E-state index in [1.54, 1.807) is 11.0 Å². The van der Waals surface area contributed by atoms with Crippen LogP contribution < -0.4 is 27.2 Å². The number of nitrogen functional groups attached to an aromatic ring is 1. The molecule has 11 heteroatoms. The quantitative estimate of drug-likeness (QED) is 0.519. The van der Waals surface area contributed by atoms with Crippen molar-refractivity contribution in [3.63, 3.8) is 0 Å². The minimum Gasteiger partial charge on any atom is -0.384 e. The zero-order chi connectivity index (χ0) is 23.4. The molecule has 2 amide bonds. The van der Waals surface area contributed by atoms with Crippen molar-refractivity contribution >= 4 is 23.5 Å². The molecule has 1 aliphatic carbocycles. The second kappa shape index (κ2) is 9.88. The van der Waals surface area contributed by atoms with Gasteiger partial charge in [0, 0.05) is 50.4 Å². The Balaban J connectivity index is 1.25. The summed E-state index contributed by atoms with van der Waals surface area (Å²) in [5, 5.41) is 2.65. The number of carbonyl (C=O) groups is 2. The summed E-state index contributed by atoms with van der Waals surface area (Å²) in [5.74, 6) is 0.782. The van der Waals surface area contributed by atoms with E-state index in [1.165, 1.54) is 4.57 Å². The maximum absolute atomic E-state index is 12.5. The number of piperazine rings is 1. The van der Waals surface area contributed by atoms with Crippen molar-refractivity contribution in [2.45, 2.75) is 38.6 Å². The molecule has 2 aromatic heterocycles. The van der Waals surface area contributed by atoms with Gasteiger partial charge in [-0.3, -0.25) is 23.9 Å². The van der Waals surface area contributed by atoms with Crippen molar-refractivity contribution in [3.05, 3.63) is 50.3 Å². The zero-order valence-corrected chi connectivity index (χ0v) is 18.5. The van der Waals surface area contributed by atoms with E-state index >= 15 is 0 Å². The van der Waals surface area contributed by atoms with E-state index in [2.05, 4.69) is 20.2 Å². The normalized spacial score (nSPS) is 15.8. The first-order valence-corrected chi connectivity index (χ1v) is 11.3. The molecule has 0 radical (unpaired) electrons. The van der Waals surface area contributed by atoms with E-state index in [0.29, 0.717) is 50.4 Å². The average Bonchev–Trinajstić information content (AvgIpc) is 2.82. The van der Waals surface area contributed by atoms with Crippen LogP contribution in [0.25, 0.3) is 0 Å². The molecule has 3 heterocycles. The van der Waals surface area contributed by atoms with Crippen LogP contribution >= 0.6 is 0 Å². The van der Waals surface area contributed by atoms with Crippen LogP contribution in [0.5, 0.6) is 0 Å². The lowest BCUT2D eigenvalue weighted by Crippen LogP contribution is -2.51. The van der Waals surface area contributed by atoms with E-state index in [1.807, 2.05) is 12.1 Å². The number of carbonyl (C=O) groups excluding carboxylic acids is 2. The Kier molecular flexibility index (Phi) is 6.76. The maximum Gasteiger partial charge on any atom is 0.328 e. The largest absolute Gasteiger partial charge is 0.384 e. The summed E-state index contributed by atoms with van der Waals surface area (Å²) in [5.41, 5.74) is 6.30. The summed E-state index contributed by atoms with van der Waals surface area (Å²) in [6.45, 7) is 2.42. The average molecular weight is 456 g/mol. The molecular weight excluding hydrogens is 426 g/mol. The molecule has 176 valence electrons. The molecule has 4 rings (SSSR count). The Morgan fingerprint density at radius 2 is 1.85 bits per heavy atom. The lowest BCUT2D eigenvalue weighted by molar-refractivity contribution is -0.133. The summed E-state index contributed by atoms with van der Waals surface area (Å²) in [4.78, 5) is 59.5. The third kappa shape index (κ3) is 5.24. The van der Waals surface area contributed by atoms with Gasteiger partial charge < -0.3 is 20.9 Å². The number of amides is 2. The highest BCUT2D eigenvalue weighted by Crippen LogP contribution is 2.17. The number of nitrogens with zero attached hydrogens (tertiary/aromatic N) is 4. The molecule has 0 bridgehead atoms. The monoisotopic (exact) mass is 455 g/mol. The van der Waals surface area contributed by atoms with Crippen molar-refractivity contribution in [2.24, 2.45) is 0 Å². The van der Waals surface area contributed by atoms with Gasteiger partial charge in [0.15, 0.2) is 0 Å². The molecule has 2 aromatic rings. The molecule has 11 nitrogen and oxygen atoms in total. The zero-order valence-electron chi connectivity index (χ0n) is 18.5. The maximum atomic E-state index is 12.5. The van der Waals surface area contributed by atoms with Crippen LogP contribution in [-0.4, -0.2) is 64.0 Å². The molecule has 0 saturated carbocycles. The van der Waals surface area contributed by atoms with E-state index in [0.717, 1.165) is 24.4 Å². The summed E-state index contributed by atoms with van der Waals surface area (Å²) >= 11 is 0. The van der Waals surface area contributed by atoms with Gasteiger partial charge in [0.1, 0.15) is 11.6 Å². The van der Waals surface area contributed by atoms with Crippen molar-refractivity contribution in [2.75, 3.05) is 43.4 Å². The fourth-order valence-electron chi connectivity index (χ4n) is 4.42. The lowest BCUT2D eigenvalue weighted by atomic mass is 9.97. The van der Waals surface area contributed by atoms with Gasteiger partial charge in [0.2, 0.25) is 11.8 Å². The molecule has 0 aromatic carbocycles. The van der Waals surface area contributed by atoms with Gasteiger partial charge in [-0.1, -0.05) is 6.07 Å². The smallest absolute Gasteiger partial charge is 0.328 e. The van der Waals surface area contributed by atoms with Crippen molar-refractivity contribution in [3.8, 4) is 0 Å². The van der Waals surface area contributed by atoms with Gasteiger partial charge in [0.05, 0.1) is 6.54 Å². The first-order valence-electron chi connectivity index (χ1n) is 11.3. The third-order valence-electron chi connectivity index (χ3n) is 6.22. The number of hydrogen-bond acceptors (Lipinski definition) is 7. The highest BCUT2D eigenvalue weighted by Gasteiger charge is 2.23. The second-order valence-electron chi connectivity index (χ2n) is 8.36. The highest BCUT2D eigenvalue weighted by molar-refractivity contribution is 5.84. The van der Waals surface area contributed by atoms with E-state index in [9.17, 15) is 19.2 Å². The van der Waals surface area contributed by atoms with Crippen LogP contribution in [0.15, 0.2) is 27.8 Å². The summed E-state index contributed by atoms with van der Waals surface area (Å²) < 4.78 is 1.49. The van der Waals surface area contributed by atoms with Crippen LogP contribution in [0, 0.1) is 0 Å². The second-order valence-corrected chi connectivity index (χ2v) is 8.36. The number of anilines is 2. The number of hydrogen-bond donors (Lipinski definition) is 3. The van der Waals surface area contributed by atoms with Gasteiger partial charge in [0.25, 0.3) is 5.56 Å². The Morgan fingerprint density at radius 1 is 1.09 bits per heavy atom. The molecule has 1 saturated heterocycles. The van der Waals surface area contributed by atoms with Crippen LogP contribution in [-0.2, 0) is 29.0 Å². The topological polar surface area (TPSA) is 146 Å². The first kappa shape index (κ1) is 22.6. The standard InChI is InChI=1S/C22H29N7O4/c23-17-6-3-7-18(25-17)27-10-12-28(13-11-27)20(31)14-24-19(30)8-9-29-16-5-2-1-4-15(16)21(32)26-22(29)33/h3,6-7H,1-2,4-5,8-14H2,(H2,23,25)(H,24,30)(H,26,32,33). The number of aromatic amines is 1. The first-order chi connectivity index (χ1) is 15.9. The van der Waals surface area contributed by atoms with Crippen LogP contribution in [0.2, 0.25) is 0 Å². The Labute approximate surface area is 190 Å². The van der Waals surface area contributed by atoms with Crippen LogP contribution in [0.3, 0.4) is 0 Å². The van der Waals surface area contributed by atoms with Crippen molar-refractivity contribution in [1.29, 1.82) is 0 Å². The molecule has 4 N–H and O–H groups in total. The minimum atomic E-state index is -0.489. The number of nitrogens with two attached hydrogens (primary N) is 1. The molecule has 1 fully saturated rings. The number of fused-ring (bicyclic) bond motifs is 1. The number of H-pyrrole nitrogens is 1. The molecule has 0 spiro atoms. The van der Waals surface area contributed by atoms with Crippen LogP contribution in [0.1, 0.15) is 30.5 Å². The Morgan fingerprint density at radius 3 is 2.61 bits per heavy atom. The van der Waals surface area contributed by atoms with Gasteiger partial charge in [-0.25, -0.2) is 9.78 Å². The van der Waals surface area contributed by atoms with Crippen molar-refractivity contribution < 1.29 is 9.59 Å².